The maximum absolute atomic E-state index is 12.0. The van der Waals surface area contributed by atoms with Gasteiger partial charge in [0.1, 0.15) is 17.5 Å². The second-order valence-corrected chi connectivity index (χ2v) is 4.65. The zero-order chi connectivity index (χ0) is 14.5. The highest BCUT2D eigenvalue weighted by Crippen LogP contribution is 2.36. The van der Waals surface area contributed by atoms with Gasteiger partial charge < -0.3 is 20.5 Å². The Morgan fingerprint density at radius 2 is 2.25 bits per heavy atom. The highest BCUT2D eigenvalue weighted by Gasteiger charge is 2.27. The van der Waals surface area contributed by atoms with Crippen LogP contribution in [0.1, 0.15) is 26.2 Å². The number of nitrogens with one attached hydrogen (secondary N) is 2. The molecule has 0 saturated carbocycles. The van der Waals surface area contributed by atoms with Crippen molar-refractivity contribution in [2.45, 2.75) is 32.2 Å². The van der Waals surface area contributed by atoms with E-state index in [0.717, 1.165) is 12.1 Å². The Hall–Kier alpha value is -2.24. The number of para-hydroxylation sites is 1. The molecule has 1 amide bonds. The number of hydrogen-bond acceptors (Lipinski definition) is 4. The number of carbonyl (C=O) groups is 2. The minimum Gasteiger partial charge on any atom is -0.491 e. The van der Waals surface area contributed by atoms with Crippen molar-refractivity contribution in [1.82, 2.24) is 0 Å². The van der Waals surface area contributed by atoms with Crippen molar-refractivity contribution in [3.05, 3.63) is 18.2 Å². The summed E-state index contributed by atoms with van der Waals surface area (Å²) in [5.41, 5.74) is 1.38. The van der Waals surface area contributed by atoms with Crippen LogP contribution in [0.25, 0.3) is 0 Å². The Bertz CT molecular complexity index is 516. The van der Waals surface area contributed by atoms with Gasteiger partial charge in [0, 0.05) is 6.42 Å². The summed E-state index contributed by atoms with van der Waals surface area (Å²) >= 11 is 0. The van der Waals surface area contributed by atoms with Crippen LogP contribution in [-0.4, -0.2) is 29.6 Å². The minimum atomic E-state index is -0.912. The van der Waals surface area contributed by atoms with Crippen LogP contribution in [0.2, 0.25) is 0 Å². The van der Waals surface area contributed by atoms with E-state index in [2.05, 4.69) is 10.6 Å². The lowest BCUT2D eigenvalue weighted by atomic mass is 10.1. The summed E-state index contributed by atoms with van der Waals surface area (Å²) in [6.07, 6.45) is 1.08. The van der Waals surface area contributed by atoms with E-state index in [4.69, 9.17) is 9.84 Å². The molecule has 3 N–H and O–H groups in total. The molecule has 0 fully saturated rings. The van der Waals surface area contributed by atoms with Gasteiger partial charge in [-0.15, -0.1) is 0 Å². The molecule has 2 rings (SSSR count). The molecule has 0 spiro atoms. The molecule has 6 nitrogen and oxygen atoms in total. The number of carbonyl (C=O) groups excluding carboxylic acids is 1. The first-order valence-corrected chi connectivity index (χ1v) is 6.66. The highest BCUT2D eigenvalue weighted by molar-refractivity contribution is 6.04. The molecule has 0 bridgehead atoms. The molecule has 1 atom stereocenters. The van der Waals surface area contributed by atoms with Gasteiger partial charge >= 0.3 is 5.97 Å². The largest absolute Gasteiger partial charge is 0.491 e. The van der Waals surface area contributed by atoms with Gasteiger partial charge in [0.2, 0.25) is 5.91 Å². The first kappa shape index (κ1) is 14.2. The van der Waals surface area contributed by atoms with E-state index in [-0.39, 0.29) is 18.7 Å². The average Bonchev–Trinajstić information content (AvgIpc) is 2.42. The Balaban J connectivity index is 2.13. The Labute approximate surface area is 117 Å². The topological polar surface area (TPSA) is 87.7 Å². The molecule has 1 heterocycles. The Kier molecular flexibility index (Phi) is 4.45. The van der Waals surface area contributed by atoms with Crippen molar-refractivity contribution in [1.29, 1.82) is 0 Å². The van der Waals surface area contributed by atoms with Crippen molar-refractivity contribution in [2.75, 3.05) is 17.2 Å². The van der Waals surface area contributed by atoms with E-state index in [0.29, 0.717) is 18.0 Å². The lowest BCUT2D eigenvalue weighted by Gasteiger charge is -2.27. The van der Waals surface area contributed by atoms with Crippen molar-refractivity contribution in [2.24, 2.45) is 0 Å². The Morgan fingerprint density at radius 1 is 1.45 bits per heavy atom. The molecule has 108 valence electrons. The van der Waals surface area contributed by atoms with E-state index >= 15 is 0 Å². The van der Waals surface area contributed by atoms with Crippen LogP contribution in [0.15, 0.2) is 18.2 Å². The standard InChI is InChI=1S/C14H18N2O4/c1-2-8-20-11-5-3-4-9-13(11)16-14(19)10(15-9)6-7-12(17)18/h3-5,10,15H,2,6-8H2,1H3,(H,16,19)(H,17,18). The monoisotopic (exact) mass is 278 g/mol. The third kappa shape index (κ3) is 3.20. The molecular weight excluding hydrogens is 260 g/mol. The fourth-order valence-corrected chi connectivity index (χ4v) is 2.05. The lowest BCUT2D eigenvalue weighted by Crippen LogP contribution is -2.39. The van der Waals surface area contributed by atoms with Gasteiger partial charge in [-0.25, -0.2) is 0 Å². The molecule has 1 aliphatic heterocycles. The summed E-state index contributed by atoms with van der Waals surface area (Å²) in [6.45, 7) is 2.59. The average molecular weight is 278 g/mol. The molecule has 0 aliphatic carbocycles. The first-order valence-electron chi connectivity index (χ1n) is 6.66. The van der Waals surface area contributed by atoms with Crippen LogP contribution in [-0.2, 0) is 9.59 Å². The molecule has 1 aliphatic rings. The van der Waals surface area contributed by atoms with Crippen LogP contribution >= 0.6 is 0 Å². The first-order chi connectivity index (χ1) is 9.61. The molecule has 0 radical (unpaired) electrons. The third-order valence-electron chi connectivity index (χ3n) is 3.03. The highest BCUT2D eigenvalue weighted by atomic mass is 16.5. The summed E-state index contributed by atoms with van der Waals surface area (Å²) in [5.74, 6) is -0.515. The number of amides is 1. The van der Waals surface area contributed by atoms with Gasteiger partial charge in [0.05, 0.1) is 12.3 Å². The van der Waals surface area contributed by atoms with Gasteiger partial charge in [0.25, 0.3) is 0 Å². The zero-order valence-corrected chi connectivity index (χ0v) is 11.3. The number of ether oxygens (including phenoxy) is 1. The van der Waals surface area contributed by atoms with Gasteiger partial charge in [-0.3, -0.25) is 9.59 Å². The summed E-state index contributed by atoms with van der Waals surface area (Å²) in [4.78, 5) is 22.6. The van der Waals surface area contributed by atoms with Gasteiger partial charge in [-0.1, -0.05) is 13.0 Å². The number of rotatable bonds is 6. The third-order valence-corrected chi connectivity index (χ3v) is 3.03. The fraction of sp³-hybridized carbons (Fsp3) is 0.429. The second kappa shape index (κ2) is 6.27. The molecular formula is C14H18N2O4. The van der Waals surface area contributed by atoms with Crippen LogP contribution < -0.4 is 15.4 Å². The van der Waals surface area contributed by atoms with Crippen molar-refractivity contribution >= 4 is 23.3 Å². The van der Waals surface area contributed by atoms with Gasteiger partial charge in [-0.2, -0.15) is 0 Å². The maximum Gasteiger partial charge on any atom is 0.303 e. The van der Waals surface area contributed by atoms with Crippen LogP contribution in [0.4, 0.5) is 11.4 Å². The van der Waals surface area contributed by atoms with E-state index in [1.807, 2.05) is 19.1 Å². The maximum atomic E-state index is 12.0. The summed E-state index contributed by atoms with van der Waals surface area (Å²) in [5, 5.41) is 14.5. The predicted octanol–water partition coefficient (Wildman–Crippen LogP) is 2.07. The second-order valence-electron chi connectivity index (χ2n) is 4.65. The van der Waals surface area contributed by atoms with Crippen molar-refractivity contribution in [3.8, 4) is 5.75 Å². The van der Waals surface area contributed by atoms with E-state index in [1.54, 1.807) is 6.07 Å². The number of aliphatic carboxylic acids is 1. The van der Waals surface area contributed by atoms with Crippen LogP contribution in [0.3, 0.4) is 0 Å². The fourth-order valence-electron chi connectivity index (χ4n) is 2.05. The Morgan fingerprint density at radius 3 is 2.95 bits per heavy atom. The number of carboxylic acid groups (broad SMARTS) is 1. The summed E-state index contributed by atoms with van der Waals surface area (Å²) in [6, 6.07) is 4.94. The number of hydrogen-bond donors (Lipinski definition) is 3. The molecule has 0 aromatic heterocycles. The van der Waals surface area contributed by atoms with E-state index in [9.17, 15) is 9.59 Å². The van der Waals surface area contributed by atoms with Gasteiger partial charge in [-0.05, 0) is 25.0 Å². The molecule has 1 aromatic carbocycles. The van der Waals surface area contributed by atoms with Crippen molar-refractivity contribution in [3.63, 3.8) is 0 Å². The van der Waals surface area contributed by atoms with Crippen molar-refractivity contribution < 1.29 is 19.4 Å². The number of benzene rings is 1. The number of anilines is 2. The lowest BCUT2D eigenvalue weighted by molar-refractivity contribution is -0.137. The zero-order valence-electron chi connectivity index (χ0n) is 11.3. The van der Waals surface area contributed by atoms with E-state index < -0.39 is 12.0 Å². The minimum absolute atomic E-state index is 0.0492. The SMILES string of the molecule is CCCOc1cccc2c1NC(=O)C(CCC(=O)O)N2. The normalized spacial score (nSPS) is 16.9. The van der Waals surface area contributed by atoms with Crippen LogP contribution in [0, 0.1) is 0 Å². The molecule has 1 aromatic rings. The quantitative estimate of drug-likeness (QED) is 0.741. The molecule has 1 unspecified atom stereocenters. The molecule has 20 heavy (non-hydrogen) atoms. The van der Waals surface area contributed by atoms with E-state index in [1.165, 1.54) is 0 Å². The molecule has 6 heteroatoms. The molecule has 0 saturated heterocycles. The number of carboxylic acids is 1. The smallest absolute Gasteiger partial charge is 0.303 e. The summed E-state index contributed by atoms with van der Waals surface area (Å²) < 4.78 is 5.59. The van der Waals surface area contributed by atoms with Gasteiger partial charge in [0.15, 0.2) is 0 Å². The number of fused-ring (bicyclic) bond motifs is 1. The summed E-state index contributed by atoms with van der Waals surface area (Å²) in [7, 11) is 0. The van der Waals surface area contributed by atoms with Crippen LogP contribution in [0.5, 0.6) is 5.75 Å². The predicted molar refractivity (Wildman–Crippen MR) is 75.1 cm³/mol.